The number of hydrogen-bond acceptors (Lipinski definition) is 4. The second-order valence-corrected chi connectivity index (χ2v) is 6.43. The summed E-state index contributed by atoms with van der Waals surface area (Å²) in [4.78, 5) is 16.5. The van der Waals surface area contributed by atoms with Crippen molar-refractivity contribution in [2.45, 2.75) is 51.1 Å². The molecular formula is C16H23N5O. The molecule has 0 atom stereocenters. The average molecular weight is 301 g/mol. The van der Waals surface area contributed by atoms with Gasteiger partial charge in [-0.05, 0) is 31.4 Å². The second kappa shape index (κ2) is 6.04. The van der Waals surface area contributed by atoms with E-state index >= 15 is 0 Å². The molecule has 2 aromatic heterocycles. The van der Waals surface area contributed by atoms with Crippen LogP contribution >= 0.6 is 0 Å². The van der Waals surface area contributed by atoms with E-state index in [1.54, 1.807) is 17.1 Å². The molecule has 0 aliphatic heterocycles. The molecule has 6 heteroatoms. The number of aromatic nitrogens is 3. The van der Waals surface area contributed by atoms with Crippen molar-refractivity contribution in [2.24, 2.45) is 5.73 Å². The number of pyridine rings is 1. The molecule has 1 aliphatic rings. The number of hydrogen-bond donors (Lipinski definition) is 2. The first-order chi connectivity index (χ1) is 10.6. The van der Waals surface area contributed by atoms with E-state index in [1.807, 2.05) is 13.0 Å². The molecule has 118 valence electrons. The van der Waals surface area contributed by atoms with Gasteiger partial charge in [-0.25, -0.2) is 9.67 Å². The van der Waals surface area contributed by atoms with Gasteiger partial charge in [-0.1, -0.05) is 19.3 Å². The van der Waals surface area contributed by atoms with Gasteiger partial charge in [0.1, 0.15) is 6.54 Å². The molecule has 0 radical (unpaired) electrons. The summed E-state index contributed by atoms with van der Waals surface area (Å²) < 4.78 is 1.63. The Hall–Kier alpha value is -1.95. The second-order valence-electron chi connectivity index (χ2n) is 6.43. The smallest absolute Gasteiger partial charge is 0.241 e. The minimum absolute atomic E-state index is 0.0669. The average Bonchev–Trinajstić information content (AvgIpc) is 2.88. The number of amides is 1. The Morgan fingerprint density at radius 3 is 2.91 bits per heavy atom. The zero-order valence-electron chi connectivity index (χ0n) is 13.0. The summed E-state index contributed by atoms with van der Waals surface area (Å²) in [5.41, 5.74) is 7.92. The molecule has 1 amide bonds. The zero-order chi connectivity index (χ0) is 15.6. The summed E-state index contributed by atoms with van der Waals surface area (Å²) in [5, 5.41) is 8.16. The number of nitrogens with zero attached hydrogens (tertiary/aromatic N) is 3. The van der Waals surface area contributed by atoms with Crippen molar-refractivity contribution in [3.8, 4) is 0 Å². The molecule has 1 fully saturated rings. The normalized spacial score (nSPS) is 17.5. The first kappa shape index (κ1) is 15.0. The minimum atomic E-state index is -0.241. The number of fused-ring (bicyclic) bond motifs is 1. The molecular weight excluding hydrogens is 278 g/mol. The van der Waals surface area contributed by atoms with Gasteiger partial charge in [0, 0.05) is 23.7 Å². The topological polar surface area (TPSA) is 85.8 Å². The molecule has 1 saturated carbocycles. The van der Waals surface area contributed by atoms with E-state index in [4.69, 9.17) is 5.73 Å². The highest BCUT2D eigenvalue weighted by Crippen LogP contribution is 2.25. The third-order valence-corrected chi connectivity index (χ3v) is 4.39. The molecule has 1 aliphatic carbocycles. The number of carbonyl (C=O) groups is 1. The molecule has 0 saturated heterocycles. The molecule has 0 spiro atoms. The molecule has 6 nitrogen and oxygen atoms in total. The van der Waals surface area contributed by atoms with E-state index in [0.717, 1.165) is 42.3 Å². The maximum absolute atomic E-state index is 12.2. The molecule has 0 unspecified atom stereocenters. The summed E-state index contributed by atoms with van der Waals surface area (Å²) in [5.74, 6) is -0.0669. The number of aryl methyl sites for hydroxylation is 1. The van der Waals surface area contributed by atoms with Crippen LogP contribution in [0.3, 0.4) is 0 Å². The summed E-state index contributed by atoms with van der Waals surface area (Å²) in [6, 6.07) is 2.01. The van der Waals surface area contributed by atoms with Crippen LogP contribution in [0, 0.1) is 6.92 Å². The lowest BCUT2D eigenvalue weighted by Crippen LogP contribution is -2.51. The van der Waals surface area contributed by atoms with Crippen LogP contribution in [-0.4, -0.2) is 32.8 Å². The van der Waals surface area contributed by atoms with Crippen molar-refractivity contribution >= 4 is 16.9 Å². The predicted octanol–water partition coefficient (Wildman–Crippen LogP) is 1.52. The van der Waals surface area contributed by atoms with E-state index in [-0.39, 0.29) is 18.0 Å². The predicted molar refractivity (Wildman–Crippen MR) is 85.3 cm³/mol. The lowest BCUT2D eigenvalue weighted by Gasteiger charge is -2.33. The summed E-state index contributed by atoms with van der Waals surface area (Å²) in [6.07, 6.45) is 9.05. The van der Waals surface area contributed by atoms with E-state index in [9.17, 15) is 4.79 Å². The molecule has 2 aromatic rings. The van der Waals surface area contributed by atoms with Gasteiger partial charge in [0.05, 0.1) is 6.20 Å². The first-order valence-electron chi connectivity index (χ1n) is 7.90. The van der Waals surface area contributed by atoms with Gasteiger partial charge in [0.25, 0.3) is 0 Å². The maximum Gasteiger partial charge on any atom is 0.241 e. The van der Waals surface area contributed by atoms with Crippen LogP contribution in [0.25, 0.3) is 11.0 Å². The van der Waals surface area contributed by atoms with E-state index in [2.05, 4.69) is 15.4 Å². The van der Waals surface area contributed by atoms with Gasteiger partial charge in [0.15, 0.2) is 5.65 Å². The Bertz CT molecular complexity index is 672. The fourth-order valence-electron chi connectivity index (χ4n) is 3.10. The van der Waals surface area contributed by atoms with Crippen LogP contribution in [0.1, 0.15) is 37.7 Å². The lowest BCUT2D eigenvalue weighted by atomic mass is 9.82. The number of rotatable bonds is 4. The highest BCUT2D eigenvalue weighted by atomic mass is 16.2. The third-order valence-electron chi connectivity index (χ3n) is 4.39. The van der Waals surface area contributed by atoms with Crippen molar-refractivity contribution in [1.82, 2.24) is 20.1 Å². The van der Waals surface area contributed by atoms with Gasteiger partial charge in [0.2, 0.25) is 5.91 Å². The van der Waals surface area contributed by atoms with Crippen LogP contribution in [0.5, 0.6) is 0 Å². The maximum atomic E-state index is 12.2. The van der Waals surface area contributed by atoms with Crippen LogP contribution in [0.4, 0.5) is 0 Å². The largest absolute Gasteiger partial charge is 0.353 e. The quantitative estimate of drug-likeness (QED) is 0.896. The van der Waals surface area contributed by atoms with Crippen LogP contribution in [-0.2, 0) is 11.3 Å². The number of nitrogens with one attached hydrogen (secondary N) is 1. The highest BCUT2D eigenvalue weighted by Gasteiger charge is 2.27. The van der Waals surface area contributed by atoms with Crippen LogP contribution < -0.4 is 11.1 Å². The molecule has 22 heavy (non-hydrogen) atoms. The van der Waals surface area contributed by atoms with Gasteiger partial charge in [-0.15, -0.1) is 0 Å². The van der Waals surface area contributed by atoms with E-state index < -0.39 is 0 Å². The van der Waals surface area contributed by atoms with Crippen molar-refractivity contribution < 1.29 is 4.79 Å². The molecule has 3 N–H and O–H groups in total. The Morgan fingerprint density at radius 1 is 1.36 bits per heavy atom. The Labute approximate surface area is 130 Å². The third kappa shape index (κ3) is 3.27. The fraction of sp³-hybridized carbons (Fsp3) is 0.562. The fourth-order valence-corrected chi connectivity index (χ4v) is 3.10. The monoisotopic (exact) mass is 301 g/mol. The van der Waals surface area contributed by atoms with Crippen LogP contribution in [0.15, 0.2) is 18.5 Å². The van der Waals surface area contributed by atoms with Gasteiger partial charge in [-0.2, -0.15) is 5.10 Å². The van der Waals surface area contributed by atoms with Crippen molar-refractivity contribution in [1.29, 1.82) is 0 Å². The number of carbonyl (C=O) groups excluding carboxylic acids is 1. The van der Waals surface area contributed by atoms with Crippen molar-refractivity contribution in [3.63, 3.8) is 0 Å². The summed E-state index contributed by atoms with van der Waals surface area (Å²) >= 11 is 0. The summed E-state index contributed by atoms with van der Waals surface area (Å²) in [7, 11) is 0. The van der Waals surface area contributed by atoms with E-state index in [1.165, 1.54) is 6.42 Å². The van der Waals surface area contributed by atoms with Gasteiger partial charge < -0.3 is 11.1 Å². The van der Waals surface area contributed by atoms with Crippen molar-refractivity contribution in [2.75, 3.05) is 6.54 Å². The molecule has 0 aromatic carbocycles. The highest BCUT2D eigenvalue weighted by molar-refractivity contribution is 5.80. The molecule has 0 bridgehead atoms. The summed E-state index contributed by atoms with van der Waals surface area (Å²) in [6.45, 7) is 2.70. The standard InChI is InChI=1S/C16H23N5O/c1-12-7-13-9-20-21(15(13)18-8-12)10-14(22)19-11-16(17)5-3-2-4-6-16/h7-9H,2-6,10-11,17H2,1H3,(H,19,22). The zero-order valence-corrected chi connectivity index (χ0v) is 13.0. The van der Waals surface area contributed by atoms with Gasteiger partial charge in [-0.3, -0.25) is 4.79 Å². The molecule has 3 rings (SSSR count). The first-order valence-corrected chi connectivity index (χ1v) is 7.90. The Balaban J connectivity index is 1.61. The number of nitrogens with two attached hydrogens (primary N) is 1. The van der Waals surface area contributed by atoms with Crippen molar-refractivity contribution in [3.05, 3.63) is 24.0 Å². The Morgan fingerprint density at radius 2 is 2.14 bits per heavy atom. The Kier molecular flexibility index (Phi) is 4.11. The minimum Gasteiger partial charge on any atom is -0.353 e. The van der Waals surface area contributed by atoms with Gasteiger partial charge >= 0.3 is 0 Å². The molecule has 2 heterocycles. The lowest BCUT2D eigenvalue weighted by molar-refractivity contribution is -0.122. The van der Waals surface area contributed by atoms with E-state index in [0.29, 0.717) is 6.54 Å². The van der Waals surface area contributed by atoms with Crippen LogP contribution in [0.2, 0.25) is 0 Å². The SMILES string of the molecule is Cc1cnc2c(cnn2CC(=O)NCC2(N)CCCCC2)c1.